The highest BCUT2D eigenvalue weighted by molar-refractivity contribution is 8.00. The van der Waals surface area contributed by atoms with E-state index in [1.165, 1.54) is 17.1 Å². The number of imide groups is 1. The highest BCUT2D eigenvalue weighted by Crippen LogP contribution is 2.35. The van der Waals surface area contributed by atoms with Crippen LogP contribution in [0.3, 0.4) is 0 Å². The fraction of sp³-hybridized carbons (Fsp3) is 0.760. The van der Waals surface area contributed by atoms with E-state index in [0.29, 0.717) is 76.7 Å². The van der Waals surface area contributed by atoms with Crippen LogP contribution in [0.4, 0.5) is 0 Å². The zero-order chi connectivity index (χ0) is 26.0. The lowest BCUT2D eigenvalue weighted by atomic mass is 9.96. The Labute approximate surface area is 218 Å². The predicted octanol–water partition coefficient (Wildman–Crippen LogP) is 1.28. The minimum Gasteiger partial charge on any atom is -0.379 e. The number of hydrogen-bond acceptors (Lipinski definition) is 8. The minimum atomic E-state index is -0.269. The number of thioether (sulfide) groups is 1. The Balaban J connectivity index is 1.28. The van der Waals surface area contributed by atoms with Crippen molar-refractivity contribution in [2.24, 2.45) is 5.92 Å². The van der Waals surface area contributed by atoms with Crippen LogP contribution in [-0.2, 0) is 33.4 Å². The Morgan fingerprint density at radius 2 is 1.64 bits per heavy atom. The average molecular weight is 528 g/mol. The van der Waals surface area contributed by atoms with Crippen molar-refractivity contribution in [3.63, 3.8) is 0 Å². The second kappa shape index (κ2) is 18.3. The lowest BCUT2D eigenvalue weighted by Gasteiger charge is -2.18. The first kappa shape index (κ1) is 30.3. The molecule has 0 aromatic carbocycles. The van der Waals surface area contributed by atoms with E-state index in [1.807, 2.05) is 11.8 Å². The summed E-state index contributed by atoms with van der Waals surface area (Å²) in [7, 11) is 0. The van der Waals surface area contributed by atoms with Gasteiger partial charge in [-0.3, -0.25) is 24.1 Å². The SMILES string of the molecule is CC1C(NC=O)CSC1CCCCC(=O)NCCCOCCOCCOCCCN1C(=O)C=CC1=O. The van der Waals surface area contributed by atoms with Crippen LogP contribution in [0.2, 0.25) is 0 Å². The largest absolute Gasteiger partial charge is 0.379 e. The van der Waals surface area contributed by atoms with Gasteiger partial charge in [0.25, 0.3) is 11.8 Å². The smallest absolute Gasteiger partial charge is 0.253 e. The fourth-order valence-corrected chi connectivity index (χ4v) is 5.74. The van der Waals surface area contributed by atoms with Gasteiger partial charge in [0, 0.05) is 61.9 Å². The van der Waals surface area contributed by atoms with Crippen molar-refractivity contribution in [3.05, 3.63) is 12.2 Å². The van der Waals surface area contributed by atoms with Crippen LogP contribution in [0, 0.1) is 5.92 Å². The third kappa shape index (κ3) is 11.9. The minimum absolute atomic E-state index is 0.0845. The molecular formula is C25H41N3O7S. The van der Waals surface area contributed by atoms with E-state index < -0.39 is 0 Å². The first-order valence-electron chi connectivity index (χ1n) is 12.9. The van der Waals surface area contributed by atoms with Gasteiger partial charge in [-0.05, 0) is 31.6 Å². The standard InChI is InChI=1S/C25H41N3O7S/c1-20-21(27-19-29)18-36-22(20)6-2-3-7-23(30)26-10-4-12-33-14-16-35-17-15-34-13-5-11-28-24(31)8-9-25(28)32/h8-9,19-22H,2-7,10-18H2,1H3,(H,26,30)(H,27,29). The first-order valence-corrected chi connectivity index (χ1v) is 13.9. The molecule has 0 aliphatic carbocycles. The van der Waals surface area contributed by atoms with Gasteiger partial charge in [-0.2, -0.15) is 11.8 Å². The van der Waals surface area contributed by atoms with Crippen LogP contribution in [0.1, 0.15) is 45.4 Å². The third-order valence-corrected chi connectivity index (χ3v) is 7.88. The average Bonchev–Trinajstić information content (AvgIpc) is 3.38. The number of carbonyl (C=O) groups excluding carboxylic acids is 4. The maximum atomic E-state index is 12.0. The molecule has 0 bridgehead atoms. The Hall–Kier alpha value is -1.95. The van der Waals surface area contributed by atoms with Crippen LogP contribution in [-0.4, -0.2) is 98.8 Å². The molecule has 0 saturated carbocycles. The molecular weight excluding hydrogens is 486 g/mol. The maximum absolute atomic E-state index is 12.0. The van der Waals surface area contributed by atoms with E-state index in [9.17, 15) is 19.2 Å². The molecule has 204 valence electrons. The number of unbranched alkanes of at least 4 members (excludes halogenated alkanes) is 1. The Bertz CT molecular complexity index is 704. The molecule has 2 aliphatic heterocycles. The van der Waals surface area contributed by atoms with Gasteiger partial charge < -0.3 is 24.8 Å². The molecule has 2 aliphatic rings. The highest BCUT2D eigenvalue weighted by Gasteiger charge is 2.32. The van der Waals surface area contributed by atoms with Crippen LogP contribution in [0.25, 0.3) is 0 Å². The summed E-state index contributed by atoms with van der Waals surface area (Å²) in [6, 6.07) is 0.269. The third-order valence-electron chi connectivity index (χ3n) is 6.24. The Morgan fingerprint density at radius 3 is 2.31 bits per heavy atom. The summed E-state index contributed by atoms with van der Waals surface area (Å²) in [4.78, 5) is 46.6. The lowest BCUT2D eigenvalue weighted by Crippen LogP contribution is -2.34. The van der Waals surface area contributed by atoms with Crippen molar-refractivity contribution in [1.82, 2.24) is 15.5 Å². The maximum Gasteiger partial charge on any atom is 0.253 e. The van der Waals surface area contributed by atoms with E-state index in [-0.39, 0.29) is 23.8 Å². The molecule has 0 aromatic rings. The Morgan fingerprint density at radius 1 is 1.00 bits per heavy atom. The van der Waals surface area contributed by atoms with Crippen molar-refractivity contribution in [2.45, 2.75) is 56.7 Å². The lowest BCUT2D eigenvalue weighted by molar-refractivity contribution is -0.137. The normalized spacial score (nSPS) is 21.4. The monoisotopic (exact) mass is 527 g/mol. The molecule has 36 heavy (non-hydrogen) atoms. The van der Waals surface area contributed by atoms with Crippen molar-refractivity contribution in [1.29, 1.82) is 0 Å². The van der Waals surface area contributed by atoms with Crippen LogP contribution in [0.15, 0.2) is 12.2 Å². The van der Waals surface area contributed by atoms with Crippen LogP contribution >= 0.6 is 11.8 Å². The second-order valence-corrected chi connectivity index (χ2v) is 10.2. The molecule has 3 atom stereocenters. The van der Waals surface area contributed by atoms with E-state index in [1.54, 1.807) is 0 Å². The molecule has 3 unspecified atom stereocenters. The molecule has 11 heteroatoms. The van der Waals surface area contributed by atoms with E-state index >= 15 is 0 Å². The zero-order valence-corrected chi connectivity index (χ0v) is 22.1. The van der Waals surface area contributed by atoms with Gasteiger partial charge >= 0.3 is 0 Å². The zero-order valence-electron chi connectivity index (χ0n) is 21.3. The van der Waals surface area contributed by atoms with E-state index in [2.05, 4.69) is 17.6 Å². The van der Waals surface area contributed by atoms with Gasteiger partial charge in [0.05, 0.1) is 26.4 Å². The molecule has 2 N–H and O–H groups in total. The summed E-state index contributed by atoms with van der Waals surface area (Å²) in [6.45, 7) is 6.05. The molecule has 1 saturated heterocycles. The fourth-order valence-electron chi connectivity index (χ4n) is 4.06. The summed E-state index contributed by atoms with van der Waals surface area (Å²) in [5, 5.41) is 6.39. The van der Waals surface area contributed by atoms with Gasteiger partial charge in [0.2, 0.25) is 12.3 Å². The summed E-state index contributed by atoms with van der Waals surface area (Å²) in [5.74, 6) is 0.996. The van der Waals surface area contributed by atoms with Crippen LogP contribution in [0.5, 0.6) is 0 Å². The van der Waals surface area contributed by atoms with Crippen LogP contribution < -0.4 is 10.6 Å². The second-order valence-electron chi connectivity index (χ2n) is 8.92. The van der Waals surface area contributed by atoms with Crippen molar-refractivity contribution in [3.8, 4) is 0 Å². The molecule has 2 rings (SSSR count). The summed E-state index contributed by atoms with van der Waals surface area (Å²) >= 11 is 1.92. The van der Waals surface area contributed by atoms with Gasteiger partial charge in [-0.15, -0.1) is 0 Å². The number of hydrogen-bond donors (Lipinski definition) is 2. The van der Waals surface area contributed by atoms with Crippen molar-refractivity contribution < 1.29 is 33.4 Å². The molecule has 1 fully saturated rings. The number of amides is 4. The topological polar surface area (TPSA) is 123 Å². The Kier molecular flexibility index (Phi) is 15.4. The molecule has 4 amide bonds. The van der Waals surface area contributed by atoms with Crippen molar-refractivity contribution >= 4 is 35.9 Å². The molecule has 0 radical (unpaired) electrons. The molecule has 2 heterocycles. The van der Waals surface area contributed by atoms with Gasteiger partial charge in [-0.25, -0.2) is 0 Å². The number of rotatable bonds is 21. The number of nitrogens with one attached hydrogen (secondary N) is 2. The number of ether oxygens (including phenoxy) is 3. The molecule has 0 spiro atoms. The molecule has 0 aromatic heterocycles. The van der Waals surface area contributed by atoms with Gasteiger partial charge in [-0.1, -0.05) is 13.3 Å². The van der Waals surface area contributed by atoms with E-state index in [4.69, 9.17) is 14.2 Å². The summed E-state index contributed by atoms with van der Waals surface area (Å²) in [5.41, 5.74) is 0. The molecule has 10 nitrogen and oxygen atoms in total. The quantitative estimate of drug-likeness (QED) is 0.130. The van der Waals surface area contributed by atoms with E-state index in [0.717, 1.165) is 37.8 Å². The van der Waals surface area contributed by atoms with Crippen molar-refractivity contribution in [2.75, 3.05) is 58.5 Å². The number of carbonyl (C=O) groups is 4. The summed E-state index contributed by atoms with van der Waals surface area (Å²) in [6.07, 6.45) is 8.24. The predicted molar refractivity (Wildman–Crippen MR) is 137 cm³/mol. The van der Waals surface area contributed by atoms with Gasteiger partial charge in [0.1, 0.15) is 0 Å². The van der Waals surface area contributed by atoms with Gasteiger partial charge in [0.15, 0.2) is 0 Å². The number of nitrogens with zero attached hydrogens (tertiary/aromatic N) is 1. The highest BCUT2D eigenvalue weighted by atomic mass is 32.2. The first-order chi connectivity index (χ1) is 17.5. The summed E-state index contributed by atoms with van der Waals surface area (Å²) < 4.78 is 16.4.